The molecule has 0 heterocycles. The molecule has 0 saturated heterocycles. The fraction of sp³-hybridized carbons (Fsp3) is 0.0323. The lowest BCUT2D eigenvalue weighted by Crippen LogP contribution is -1.97. The van der Waals surface area contributed by atoms with Crippen molar-refractivity contribution in [1.82, 2.24) is 0 Å². The minimum atomic E-state index is 0.750. The van der Waals surface area contributed by atoms with Crippen molar-refractivity contribution in [2.24, 2.45) is 0 Å². The normalized spacial score (nSPS) is 10.8. The van der Waals surface area contributed by atoms with E-state index in [2.05, 4.69) is 115 Å². The van der Waals surface area contributed by atoms with E-state index < -0.39 is 0 Å². The van der Waals surface area contributed by atoms with Crippen LogP contribution in [0.2, 0.25) is 5.02 Å². The summed E-state index contributed by atoms with van der Waals surface area (Å²) in [5.74, 6) is 0. The van der Waals surface area contributed by atoms with E-state index in [0.717, 1.165) is 11.4 Å². The van der Waals surface area contributed by atoms with Crippen LogP contribution in [0.1, 0.15) is 11.1 Å². The third kappa shape index (κ3) is 4.23. The van der Waals surface area contributed by atoms with Crippen LogP contribution in [0.15, 0.2) is 127 Å². The molecule has 0 bridgehead atoms. The van der Waals surface area contributed by atoms with E-state index in [1.165, 1.54) is 44.5 Å². The first-order valence-corrected chi connectivity index (χ1v) is 11.2. The third-order valence-corrected chi connectivity index (χ3v) is 6.08. The SMILES string of the molecule is Clc1ccc(-c2cccc(Cc3ccccc3)c2-c2ccccc2-c2ccccc2)cc1. The maximum Gasteiger partial charge on any atom is 0.0406 e. The molecule has 0 N–H and O–H groups in total. The van der Waals surface area contributed by atoms with Crippen molar-refractivity contribution in [2.45, 2.75) is 6.42 Å². The molecule has 5 aromatic carbocycles. The van der Waals surface area contributed by atoms with Crippen LogP contribution in [-0.2, 0) is 6.42 Å². The fourth-order valence-electron chi connectivity index (χ4n) is 4.32. The van der Waals surface area contributed by atoms with Crippen molar-refractivity contribution in [1.29, 1.82) is 0 Å². The third-order valence-electron chi connectivity index (χ3n) is 5.82. The van der Waals surface area contributed by atoms with Crippen molar-refractivity contribution >= 4 is 11.6 Å². The van der Waals surface area contributed by atoms with Gasteiger partial charge in [-0.05, 0) is 63.1 Å². The smallest absolute Gasteiger partial charge is 0.0406 e. The summed E-state index contributed by atoms with van der Waals surface area (Å²) in [6.45, 7) is 0. The first kappa shape index (κ1) is 20.3. The van der Waals surface area contributed by atoms with Crippen LogP contribution < -0.4 is 0 Å². The molecule has 0 aliphatic carbocycles. The molecule has 5 rings (SSSR count). The van der Waals surface area contributed by atoms with E-state index in [4.69, 9.17) is 11.6 Å². The van der Waals surface area contributed by atoms with Gasteiger partial charge in [-0.1, -0.05) is 127 Å². The van der Waals surface area contributed by atoms with Gasteiger partial charge in [0.2, 0.25) is 0 Å². The highest BCUT2D eigenvalue weighted by Crippen LogP contribution is 2.41. The quantitative estimate of drug-likeness (QED) is 0.261. The molecule has 0 radical (unpaired) electrons. The Hall–Kier alpha value is -3.61. The maximum atomic E-state index is 6.20. The van der Waals surface area contributed by atoms with Gasteiger partial charge in [0.05, 0.1) is 0 Å². The first-order chi connectivity index (χ1) is 15.8. The topological polar surface area (TPSA) is 0 Å². The molecule has 154 valence electrons. The zero-order valence-electron chi connectivity index (χ0n) is 17.7. The molecule has 0 fully saturated rings. The van der Waals surface area contributed by atoms with Gasteiger partial charge in [-0.3, -0.25) is 0 Å². The molecule has 1 heteroatoms. The van der Waals surface area contributed by atoms with E-state index >= 15 is 0 Å². The Morgan fingerprint density at radius 1 is 0.438 bits per heavy atom. The number of halogens is 1. The Morgan fingerprint density at radius 2 is 1.00 bits per heavy atom. The molecule has 0 unspecified atom stereocenters. The van der Waals surface area contributed by atoms with Crippen LogP contribution in [0.5, 0.6) is 0 Å². The van der Waals surface area contributed by atoms with Crippen LogP contribution in [0.3, 0.4) is 0 Å². The second-order valence-corrected chi connectivity index (χ2v) is 8.36. The molecule has 0 aromatic heterocycles. The monoisotopic (exact) mass is 430 g/mol. The molecule has 0 spiro atoms. The molecular formula is C31H23Cl. The number of benzene rings is 5. The van der Waals surface area contributed by atoms with Crippen molar-refractivity contribution in [3.8, 4) is 33.4 Å². The Bertz CT molecular complexity index is 1320. The fourth-order valence-corrected chi connectivity index (χ4v) is 4.45. The van der Waals surface area contributed by atoms with E-state index in [1.54, 1.807) is 0 Å². The summed E-state index contributed by atoms with van der Waals surface area (Å²) in [7, 11) is 0. The predicted octanol–water partition coefficient (Wildman–Crippen LogP) is 8.93. The van der Waals surface area contributed by atoms with Gasteiger partial charge in [-0.15, -0.1) is 0 Å². The Labute approximate surface area is 194 Å². The summed E-state index contributed by atoms with van der Waals surface area (Å²) in [5.41, 5.74) is 9.99. The van der Waals surface area contributed by atoms with E-state index in [0.29, 0.717) is 0 Å². The van der Waals surface area contributed by atoms with Crippen molar-refractivity contribution < 1.29 is 0 Å². The molecule has 0 amide bonds. The van der Waals surface area contributed by atoms with Crippen LogP contribution in [0.25, 0.3) is 33.4 Å². The minimum Gasteiger partial charge on any atom is -0.0843 e. The summed E-state index contributed by atoms with van der Waals surface area (Å²) in [5, 5.41) is 0.750. The lowest BCUT2D eigenvalue weighted by molar-refractivity contribution is 1.20. The van der Waals surface area contributed by atoms with Crippen LogP contribution in [0.4, 0.5) is 0 Å². The molecular weight excluding hydrogens is 408 g/mol. The highest BCUT2D eigenvalue weighted by Gasteiger charge is 2.16. The van der Waals surface area contributed by atoms with Gasteiger partial charge in [0, 0.05) is 5.02 Å². The van der Waals surface area contributed by atoms with Crippen molar-refractivity contribution in [3.05, 3.63) is 144 Å². The van der Waals surface area contributed by atoms with Crippen molar-refractivity contribution in [2.75, 3.05) is 0 Å². The van der Waals surface area contributed by atoms with Gasteiger partial charge < -0.3 is 0 Å². The average Bonchev–Trinajstić information content (AvgIpc) is 2.86. The second-order valence-electron chi connectivity index (χ2n) is 7.92. The van der Waals surface area contributed by atoms with Crippen LogP contribution in [0, 0.1) is 0 Å². The van der Waals surface area contributed by atoms with E-state index in [1.807, 2.05) is 12.1 Å². The molecule has 0 saturated carbocycles. The van der Waals surface area contributed by atoms with Gasteiger partial charge >= 0.3 is 0 Å². The number of rotatable bonds is 5. The number of hydrogen-bond acceptors (Lipinski definition) is 0. The van der Waals surface area contributed by atoms with E-state index in [-0.39, 0.29) is 0 Å². The Balaban J connectivity index is 1.76. The Kier molecular flexibility index (Phi) is 5.87. The molecule has 0 aliphatic heterocycles. The van der Waals surface area contributed by atoms with Gasteiger partial charge in [-0.25, -0.2) is 0 Å². The average molecular weight is 431 g/mol. The van der Waals surface area contributed by atoms with E-state index in [9.17, 15) is 0 Å². The summed E-state index contributed by atoms with van der Waals surface area (Å²) in [4.78, 5) is 0. The molecule has 32 heavy (non-hydrogen) atoms. The minimum absolute atomic E-state index is 0.750. The number of hydrogen-bond donors (Lipinski definition) is 0. The van der Waals surface area contributed by atoms with Gasteiger partial charge in [-0.2, -0.15) is 0 Å². The summed E-state index contributed by atoms with van der Waals surface area (Å²) >= 11 is 6.20. The highest BCUT2D eigenvalue weighted by atomic mass is 35.5. The molecule has 5 aromatic rings. The van der Waals surface area contributed by atoms with Gasteiger partial charge in [0.15, 0.2) is 0 Å². The second kappa shape index (κ2) is 9.26. The highest BCUT2D eigenvalue weighted by molar-refractivity contribution is 6.30. The summed E-state index contributed by atoms with van der Waals surface area (Å²) < 4.78 is 0. The predicted molar refractivity (Wildman–Crippen MR) is 137 cm³/mol. The molecule has 0 nitrogen and oxygen atoms in total. The lowest BCUT2D eigenvalue weighted by atomic mass is 9.85. The zero-order chi connectivity index (χ0) is 21.8. The van der Waals surface area contributed by atoms with Crippen LogP contribution in [-0.4, -0.2) is 0 Å². The summed E-state index contributed by atoms with van der Waals surface area (Å²) in [6.07, 6.45) is 0.876. The first-order valence-electron chi connectivity index (χ1n) is 10.9. The Morgan fingerprint density at radius 3 is 1.72 bits per heavy atom. The largest absolute Gasteiger partial charge is 0.0843 e. The van der Waals surface area contributed by atoms with Gasteiger partial charge in [0.1, 0.15) is 0 Å². The lowest BCUT2D eigenvalue weighted by Gasteiger charge is -2.19. The summed E-state index contributed by atoms with van der Waals surface area (Å²) in [6, 6.07) is 44.8. The van der Waals surface area contributed by atoms with Crippen molar-refractivity contribution in [3.63, 3.8) is 0 Å². The molecule has 0 aliphatic rings. The standard InChI is InChI=1S/C31H23Cl/c32-27-20-18-25(19-21-27)29-17-9-14-26(22-23-10-3-1-4-11-23)31(29)30-16-8-7-15-28(30)24-12-5-2-6-13-24/h1-21H,22H2. The maximum absolute atomic E-state index is 6.20. The zero-order valence-corrected chi connectivity index (χ0v) is 18.5. The molecule has 0 atom stereocenters. The van der Waals surface area contributed by atoms with Gasteiger partial charge in [0.25, 0.3) is 0 Å². The van der Waals surface area contributed by atoms with Crippen LogP contribution >= 0.6 is 11.6 Å².